The van der Waals surface area contributed by atoms with E-state index in [1.807, 2.05) is 20.8 Å². The van der Waals surface area contributed by atoms with Crippen LogP contribution in [0.5, 0.6) is 0 Å². The van der Waals surface area contributed by atoms with E-state index < -0.39 is 16.2 Å². The molecule has 0 unspecified atom stereocenters. The van der Waals surface area contributed by atoms with Crippen LogP contribution in [-0.2, 0) is 5.41 Å². The molecule has 1 aromatic heterocycles. The zero-order valence-corrected chi connectivity index (χ0v) is 8.33. The first-order valence-corrected chi connectivity index (χ1v) is 4.20. The van der Waals surface area contributed by atoms with Crippen LogP contribution in [-0.4, -0.2) is 9.91 Å². The molecule has 14 heavy (non-hydrogen) atoms. The fourth-order valence-electron chi connectivity index (χ4n) is 1.04. The zero-order valence-electron chi connectivity index (χ0n) is 8.33. The van der Waals surface area contributed by atoms with E-state index in [4.69, 9.17) is 0 Å². The molecule has 0 aromatic carbocycles. The van der Waals surface area contributed by atoms with Crippen molar-refractivity contribution in [2.45, 2.75) is 26.2 Å². The van der Waals surface area contributed by atoms with Gasteiger partial charge in [-0.2, -0.15) is 0 Å². The predicted octanol–water partition coefficient (Wildman–Crippen LogP) is 1.58. The molecule has 0 aliphatic heterocycles. The molecule has 0 saturated carbocycles. The van der Waals surface area contributed by atoms with Gasteiger partial charge in [0.2, 0.25) is 0 Å². The van der Waals surface area contributed by atoms with Gasteiger partial charge in [0.1, 0.15) is 0 Å². The molecular weight excluding hydrogens is 184 g/mol. The van der Waals surface area contributed by atoms with Gasteiger partial charge in [-0.15, -0.1) is 0 Å². The minimum Gasteiger partial charge on any atom is -0.323 e. The van der Waals surface area contributed by atoms with E-state index in [0.29, 0.717) is 0 Å². The van der Waals surface area contributed by atoms with Crippen molar-refractivity contribution in [3.63, 3.8) is 0 Å². The Morgan fingerprint density at radius 1 is 1.43 bits per heavy atom. The summed E-state index contributed by atoms with van der Waals surface area (Å²) >= 11 is 0. The highest BCUT2D eigenvalue weighted by molar-refractivity contribution is 5.33. The van der Waals surface area contributed by atoms with E-state index >= 15 is 0 Å². The van der Waals surface area contributed by atoms with Crippen molar-refractivity contribution in [2.24, 2.45) is 0 Å². The molecule has 0 aliphatic carbocycles. The molecule has 5 nitrogen and oxygen atoms in total. The molecule has 1 N–H and O–H groups in total. The highest BCUT2D eigenvalue weighted by atomic mass is 16.6. The molecule has 1 heterocycles. The van der Waals surface area contributed by atoms with Crippen LogP contribution in [0.15, 0.2) is 17.1 Å². The molecule has 0 fully saturated rings. The minimum absolute atomic E-state index is 0.213. The minimum atomic E-state index is -0.673. The van der Waals surface area contributed by atoms with Gasteiger partial charge in [-0.25, -0.2) is 0 Å². The lowest BCUT2D eigenvalue weighted by molar-refractivity contribution is -0.386. The van der Waals surface area contributed by atoms with Crippen molar-refractivity contribution in [1.29, 1.82) is 0 Å². The topological polar surface area (TPSA) is 76.0 Å². The lowest BCUT2D eigenvalue weighted by atomic mass is 9.88. The van der Waals surface area contributed by atoms with Crippen LogP contribution in [0.3, 0.4) is 0 Å². The number of aromatic amines is 1. The van der Waals surface area contributed by atoms with E-state index in [-0.39, 0.29) is 5.41 Å². The Morgan fingerprint density at radius 3 is 2.43 bits per heavy atom. The molecule has 1 aromatic rings. The molecule has 0 radical (unpaired) electrons. The first kappa shape index (κ1) is 10.4. The smallest absolute Gasteiger partial charge is 0.323 e. The molecule has 0 spiro atoms. The van der Waals surface area contributed by atoms with E-state index in [1.165, 1.54) is 12.3 Å². The van der Waals surface area contributed by atoms with Crippen molar-refractivity contribution in [3.05, 3.63) is 38.3 Å². The van der Waals surface area contributed by atoms with Gasteiger partial charge in [-0.3, -0.25) is 14.9 Å². The molecule has 0 aliphatic rings. The Bertz CT molecular complexity index is 415. The Kier molecular flexibility index (Phi) is 2.42. The third-order valence-electron chi connectivity index (χ3n) is 1.95. The van der Waals surface area contributed by atoms with Crippen LogP contribution in [0.2, 0.25) is 0 Å². The Labute approximate surface area is 80.9 Å². The second-order valence-electron chi connectivity index (χ2n) is 4.11. The van der Waals surface area contributed by atoms with Crippen molar-refractivity contribution in [2.75, 3.05) is 0 Å². The van der Waals surface area contributed by atoms with Crippen LogP contribution >= 0.6 is 0 Å². The summed E-state index contributed by atoms with van der Waals surface area (Å²) in [5.74, 6) is 0. The molecule has 0 bridgehead atoms. The molecule has 5 heteroatoms. The highest BCUT2D eigenvalue weighted by Crippen LogP contribution is 2.22. The second-order valence-corrected chi connectivity index (χ2v) is 4.11. The standard InChI is InChI=1S/C9H12N2O3/c1-9(2,3)6-4-7(11(13)14)8(12)10-5-6/h4-5H,1-3H3,(H,10,12). The van der Waals surface area contributed by atoms with Gasteiger partial charge in [0.05, 0.1) is 4.92 Å². The normalized spacial score (nSPS) is 11.4. The largest absolute Gasteiger partial charge is 0.334 e. The molecule has 1 rings (SSSR count). The zero-order chi connectivity index (χ0) is 10.9. The van der Waals surface area contributed by atoms with E-state index in [2.05, 4.69) is 4.98 Å². The summed E-state index contributed by atoms with van der Waals surface area (Å²) in [4.78, 5) is 23.2. The predicted molar refractivity (Wildman–Crippen MR) is 52.4 cm³/mol. The molecular formula is C9H12N2O3. The number of nitrogens with zero attached hydrogens (tertiary/aromatic N) is 1. The van der Waals surface area contributed by atoms with Crippen LogP contribution in [0, 0.1) is 10.1 Å². The van der Waals surface area contributed by atoms with Crippen LogP contribution in [0.25, 0.3) is 0 Å². The summed E-state index contributed by atoms with van der Waals surface area (Å²) in [5, 5.41) is 10.5. The van der Waals surface area contributed by atoms with Crippen molar-refractivity contribution < 1.29 is 4.92 Å². The number of rotatable bonds is 1. The Morgan fingerprint density at radius 2 is 2.00 bits per heavy atom. The van der Waals surface area contributed by atoms with E-state index in [0.717, 1.165) is 5.56 Å². The van der Waals surface area contributed by atoms with Gasteiger partial charge in [-0.1, -0.05) is 20.8 Å². The number of aromatic nitrogens is 1. The average Bonchev–Trinajstić information content (AvgIpc) is 2.02. The third kappa shape index (κ3) is 1.99. The van der Waals surface area contributed by atoms with Crippen LogP contribution in [0.4, 0.5) is 5.69 Å². The maximum absolute atomic E-state index is 11.0. The number of hydrogen-bond acceptors (Lipinski definition) is 3. The summed E-state index contributed by atoms with van der Waals surface area (Å²) in [6, 6.07) is 1.32. The SMILES string of the molecule is CC(C)(C)c1c[nH]c(=O)c([N+](=O)[O-])c1. The fourth-order valence-corrected chi connectivity index (χ4v) is 1.04. The van der Waals surface area contributed by atoms with Gasteiger partial charge in [-0.05, 0) is 11.0 Å². The summed E-state index contributed by atoms with van der Waals surface area (Å²) in [5.41, 5.74) is -0.543. The number of pyridine rings is 1. The van der Waals surface area contributed by atoms with Gasteiger partial charge in [0, 0.05) is 12.3 Å². The summed E-state index contributed by atoms with van der Waals surface area (Å²) in [6.45, 7) is 5.76. The van der Waals surface area contributed by atoms with Crippen LogP contribution in [0.1, 0.15) is 26.3 Å². The number of nitro groups is 1. The fraction of sp³-hybridized carbons (Fsp3) is 0.444. The summed E-state index contributed by atoms with van der Waals surface area (Å²) < 4.78 is 0. The average molecular weight is 196 g/mol. The first-order valence-electron chi connectivity index (χ1n) is 4.20. The second kappa shape index (κ2) is 3.25. The van der Waals surface area contributed by atoms with Crippen molar-refractivity contribution >= 4 is 5.69 Å². The Balaban J connectivity index is 3.34. The number of H-pyrrole nitrogens is 1. The Hall–Kier alpha value is -1.65. The monoisotopic (exact) mass is 196 g/mol. The van der Waals surface area contributed by atoms with Gasteiger partial charge in [0.15, 0.2) is 0 Å². The summed E-state index contributed by atoms with van der Waals surface area (Å²) in [7, 11) is 0. The van der Waals surface area contributed by atoms with Gasteiger partial charge in [0.25, 0.3) is 0 Å². The molecule has 0 amide bonds. The maximum Gasteiger partial charge on any atom is 0.334 e. The maximum atomic E-state index is 11.0. The molecule has 0 atom stereocenters. The number of hydrogen-bond donors (Lipinski definition) is 1. The third-order valence-corrected chi connectivity index (χ3v) is 1.95. The van der Waals surface area contributed by atoms with Crippen molar-refractivity contribution in [1.82, 2.24) is 4.98 Å². The van der Waals surface area contributed by atoms with Crippen molar-refractivity contribution in [3.8, 4) is 0 Å². The molecule has 0 saturated heterocycles. The molecule has 76 valence electrons. The van der Waals surface area contributed by atoms with E-state index in [1.54, 1.807) is 0 Å². The van der Waals surface area contributed by atoms with E-state index in [9.17, 15) is 14.9 Å². The first-order chi connectivity index (χ1) is 6.32. The lowest BCUT2D eigenvalue weighted by Gasteiger charge is -2.17. The van der Waals surface area contributed by atoms with Gasteiger partial charge < -0.3 is 4.98 Å². The summed E-state index contributed by atoms with van der Waals surface area (Å²) in [6.07, 6.45) is 1.51. The van der Waals surface area contributed by atoms with Gasteiger partial charge >= 0.3 is 11.2 Å². The number of nitrogens with one attached hydrogen (secondary N) is 1. The lowest BCUT2D eigenvalue weighted by Crippen LogP contribution is -2.17. The quantitative estimate of drug-likeness (QED) is 0.547. The van der Waals surface area contributed by atoms with Crippen LogP contribution < -0.4 is 5.56 Å². The highest BCUT2D eigenvalue weighted by Gasteiger charge is 2.19.